The van der Waals surface area contributed by atoms with Crippen molar-refractivity contribution in [2.24, 2.45) is 18.9 Å². The van der Waals surface area contributed by atoms with Crippen LogP contribution in [-0.2, 0) is 13.6 Å². The highest BCUT2D eigenvalue weighted by atomic mass is 15.3. The molecule has 2 saturated heterocycles. The predicted molar refractivity (Wildman–Crippen MR) is 108 cm³/mol. The molecule has 2 aromatic heterocycles. The first-order valence-corrected chi connectivity index (χ1v) is 10.3. The summed E-state index contributed by atoms with van der Waals surface area (Å²) in [4.78, 5) is 13.7. The Morgan fingerprint density at radius 2 is 1.63 bits per heavy atom. The summed E-state index contributed by atoms with van der Waals surface area (Å²) in [7, 11) is 2.05. The van der Waals surface area contributed by atoms with Crippen LogP contribution in [0.5, 0.6) is 0 Å². The number of hydrogen-bond donors (Lipinski definition) is 0. The Labute approximate surface area is 162 Å². The van der Waals surface area contributed by atoms with E-state index >= 15 is 0 Å². The van der Waals surface area contributed by atoms with E-state index in [2.05, 4.69) is 38.7 Å². The van der Waals surface area contributed by atoms with Gasteiger partial charge in [-0.3, -0.25) is 14.6 Å². The van der Waals surface area contributed by atoms with Gasteiger partial charge in [-0.25, -0.2) is 4.98 Å². The SMILES string of the molecule is Cc1nn(C)c(C)c1CN1CCC(C2CCN(c3cnccn3)CC2)CC1. The molecule has 0 bridgehead atoms. The maximum absolute atomic E-state index is 4.57. The van der Waals surface area contributed by atoms with Gasteiger partial charge in [-0.05, 0) is 64.5 Å². The lowest BCUT2D eigenvalue weighted by molar-refractivity contribution is 0.129. The second-order valence-corrected chi connectivity index (χ2v) is 8.27. The van der Waals surface area contributed by atoms with Crippen molar-refractivity contribution in [2.75, 3.05) is 31.1 Å². The Morgan fingerprint density at radius 3 is 2.19 bits per heavy atom. The molecule has 2 fully saturated rings. The van der Waals surface area contributed by atoms with E-state index < -0.39 is 0 Å². The molecular formula is C21H32N6. The van der Waals surface area contributed by atoms with E-state index in [1.165, 1.54) is 55.7 Å². The monoisotopic (exact) mass is 368 g/mol. The molecule has 0 aliphatic carbocycles. The molecule has 0 radical (unpaired) electrons. The first-order chi connectivity index (χ1) is 13.1. The second kappa shape index (κ2) is 7.97. The summed E-state index contributed by atoms with van der Waals surface area (Å²) in [5, 5.41) is 4.57. The van der Waals surface area contributed by atoms with Gasteiger partial charge in [0.1, 0.15) is 5.82 Å². The lowest BCUT2D eigenvalue weighted by Crippen LogP contribution is -2.41. The van der Waals surface area contributed by atoms with E-state index in [1.807, 2.05) is 17.9 Å². The molecule has 146 valence electrons. The van der Waals surface area contributed by atoms with Crippen molar-refractivity contribution in [1.29, 1.82) is 0 Å². The van der Waals surface area contributed by atoms with Crippen molar-refractivity contribution in [3.05, 3.63) is 35.5 Å². The molecule has 27 heavy (non-hydrogen) atoms. The van der Waals surface area contributed by atoms with Gasteiger partial charge in [-0.1, -0.05) is 0 Å². The third-order valence-electron chi connectivity index (χ3n) is 6.75. The Morgan fingerprint density at radius 1 is 0.963 bits per heavy atom. The minimum Gasteiger partial charge on any atom is -0.355 e. The summed E-state index contributed by atoms with van der Waals surface area (Å²) in [6.45, 7) is 10.1. The Hall–Kier alpha value is -1.95. The Kier molecular flexibility index (Phi) is 5.43. The number of rotatable bonds is 4. The van der Waals surface area contributed by atoms with Crippen molar-refractivity contribution in [3.8, 4) is 0 Å². The lowest BCUT2D eigenvalue weighted by atomic mass is 9.78. The number of nitrogens with zero attached hydrogens (tertiary/aromatic N) is 6. The van der Waals surface area contributed by atoms with Crippen LogP contribution in [-0.4, -0.2) is 50.8 Å². The van der Waals surface area contributed by atoms with Crippen molar-refractivity contribution >= 4 is 5.82 Å². The number of aryl methyl sites for hydroxylation is 2. The van der Waals surface area contributed by atoms with E-state index in [-0.39, 0.29) is 0 Å². The van der Waals surface area contributed by atoms with Crippen LogP contribution in [0.1, 0.15) is 42.6 Å². The van der Waals surface area contributed by atoms with Crippen LogP contribution in [0, 0.1) is 25.7 Å². The fourth-order valence-corrected chi connectivity index (χ4v) is 4.91. The van der Waals surface area contributed by atoms with Crippen LogP contribution in [0.25, 0.3) is 0 Å². The molecule has 6 heteroatoms. The summed E-state index contributed by atoms with van der Waals surface area (Å²) in [5.74, 6) is 2.80. The molecule has 0 saturated carbocycles. The second-order valence-electron chi connectivity index (χ2n) is 8.27. The van der Waals surface area contributed by atoms with Crippen LogP contribution in [0.2, 0.25) is 0 Å². The summed E-state index contributed by atoms with van der Waals surface area (Å²) >= 11 is 0. The quantitative estimate of drug-likeness (QED) is 0.830. The number of likely N-dealkylation sites (tertiary alicyclic amines) is 1. The lowest BCUT2D eigenvalue weighted by Gasteiger charge is -2.40. The van der Waals surface area contributed by atoms with Crippen LogP contribution >= 0.6 is 0 Å². The molecular weight excluding hydrogens is 336 g/mol. The maximum atomic E-state index is 4.57. The van der Waals surface area contributed by atoms with Gasteiger partial charge in [-0.2, -0.15) is 5.10 Å². The molecule has 2 aromatic rings. The molecule has 0 amide bonds. The van der Waals surface area contributed by atoms with E-state index in [0.717, 1.165) is 37.3 Å². The largest absolute Gasteiger partial charge is 0.355 e. The first-order valence-electron chi connectivity index (χ1n) is 10.3. The third-order valence-corrected chi connectivity index (χ3v) is 6.75. The van der Waals surface area contributed by atoms with E-state index in [1.54, 1.807) is 12.4 Å². The van der Waals surface area contributed by atoms with Crippen LogP contribution in [0.4, 0.5) is 5.82 Å². The molecule has 0 aromatic carbocycles. The molecule has 4 rings (SSSR count). The third kappa shape index (κ3) is 4.00. The van der Waals surface area contributed by atoms with Crippen molar-refractivity contribution in [2.45, 2.75) is 46.1 Å². The molecule has 0 atom stereocenters. The van der Waals surface area contributed by atoms with E-state index in [9.17, 15) is 0 Å². The number of aromatic nitrogens is 4. The molecule has 4 heterocycles. The fraction of sp³-hybridized carbons (Fsp3) is 0.667. The minimum atomic E-state index is 0.877. The van der Waals surface area contributed by atoms with Gasteiger partial charge >= 0.3 is 0 Å². The predicted octanol–water partition coefficient (Wildman–Crippen LogP) is 2.96. The zero-order chi connectivity index (χ0) is 18.8. The zero-order valence-electron chi connectivity index (χ0n) is 16.9. The average Bonchev–Trinajstić information content (AvgIpc) is 2.95. The number of anilines is 1. The van der Waals surface area contributed by atoms with Crippen LogP contribution < -0.4 is 4.90 Å². The molecule has 0 unspecified atom stereocenters. The van der Waals surface area contributed by atoms with Gasteiger partial charge in [-0.15, -0.1) is 0 Å². The summed E-state index contributed by atoms with van der Waals surface area (Å²) in [6, 6.07) is 0. The molecule has 2 aliphatic heterocycles. The van der Waals surface area contributed by atoms with Gasteiger partial charge < -0.3 is 4.90 Å². The Balaban J connectivity index is 1.26. The Bertz CT molecular complexity index is 740. The average molecular weight is 369 g/mol. The number of hydrogen-bond acceptors (Lipinski definition) is 5. The summed E-state index contributed by atoms with van der Waals surface area (Å²) < 4.78 is 2.02. The molecule has 0 spiro atoms. The van der Waals surface area contributed by atoms with Gasteiger partial charge in [0, 0.05) is 50.3 Å². The normalized spacial score (nSPS) is 20.3. The zero-order valence-corrected chi connectivity index (χ0v) is 16.9. The molecule has 0 N–H and O–H groups in total. The summed E-state index contributed by atoms with van der Waals surface area (Å²) in [6.07, 6.45) is 10.7. The van der Waals surface area contributed by atoms with Crippen molar-refractivity contribution in [3.63, 3.8) is 0 Å². The molecule has 6 nitrogen and oxygen atoms in total. The first kappa shape index (κ1) is 18.4. The van der Waals surface area contributed by atoms with Gasteiger partial charge in [0.05, 0.1) is 11.9 Å². The number of piperidine rings is 2. The van der Waals surface area contributed by atoms with Gasteiger partial charge in [0.15, 0.2) is 0 Å². The highest BCUT2D eigenvalue weighted by Gasteiger charge is 2.30. The maximum Gasteiger partial charge on any atom is 0.147 e. The van der Waals surface area contributed by atoms with Gasteiger partial charge in [0.2, 0.25) is 0 Å². The van der Waals surface area contributed by atoms with Gasteiger partial charge in [0.25, 0.3) is 0 Å². The highest BCUT2D eigenvalue weighted by Crippen LogP contribution is 2.34. The fourth-order valence-electron chi connectivity index (χ4n) is 4.91. The standard InChI is InChI=1S/C21H32N6/c1-16-20(17(2)25(3)24-16)15-26-10-4-18(5-11-26)19-6-12-27(13-7-19)21-14-22-8-9-23-21/h8-9,14,18-19H,4-7,10-13,15H2,1-3H3. The van der Waals surface area contributed by atoms with E-state index in [4.69, 9.17) is 0 Å². The topological polar surface area (TPSA) is 50.1 Å². The minimum absolute atomic E-state index is 0.877. The highest BCUT2D eigenvalue weighted by molar-refractivity contribution is 5.35. The summed E-state index contributed by atoms with van der Waals surface area (Å²) in [5.41, 5.74) is 3.92. The van der Waals surface area contributed by atoms with Crippen molar-refractivity contribution in [1.82, 2.24) is 24.6 Å². The van der Waals surface area contributed by atoms with E-state index in [0.29, 0.717) is 0 Å². The smallest absolute Gasteiger partial charge is 0.147 e. The van der Waals surface area contributed by atoms with Crippen LogP contribution in [0.15, 0.2) is 18.6 Å². The molecule has 2 aliphatic rings. The van der Waals surface area contributed by atoms with Crippen molar-refractivity contribution < 1.29 is 0 Å². The van der Waals surface area contributed by atoms with Crippen LogP contribution in [0.3, 0.4) is 0 Å².